The first kappa shape index (κ1) is 21.4. The summed E-state index contributed by atoms with van der Waals surface area (Å²) in [6, 6.07) is 11.5. The standard InChI is InChI=1S/C24H28ClN5O/c1-17(2)23-21(16-28-30(23)20-9-7-19(25)8-10-20)24(31)27-15-18-6-11-22(26-14-18)29-12-4-3-5-13-29/h6-11,14,16-17H,3-5,12-13,15H2,1-2H3,(H,27,31). The fourth-order valence-electron chi connectivity index (χ4n) is 3.99. The highest BCUT2D eigenvalue weighted by atomic mass is 35.5. The lowest BCUT2D eigenvalue weighted by Crippen LogP contribution is -2.30. The highest BCUT2D eigenvalue weighted by molar-refractivity contribution is 6.30. The molecule has 0 spiro atoms. The van der Waals surface area contributed by atoms with Crippen molar-refractivity contribution < 1.29 is 4.79 Å². The van der Waals surface area contributed by atoms with E-state index in [1.165, 1.54) is 19.3 Å². The first-order valence-electron chi connectivity index (χ1n) is 10.8. The second-order valence-electron chi connectivity index (χ2n) is 8.24. The number of aromatic nitrogens is 3. The molecule has 1 amide bonds. The molecule has 1 aliphatic heterocycles. The van der Waals surface area contributed by atoms with Gasteiger partial charge >= 0.3 is 0 Å². The maximum absolute atomic E-state index is 12.9. The van der Waals surface area contributed by atoms with Crippen LogP contribution in [0.3, 0.4) is 0 Å². The van der Waals surface area contributed by atoms with Crippen LogP contribution in [-0.4, -0.2) is 33.8 Å². The average Bonchev–Trinajstić information content (AvgIpc) is 3.25. The van der Waals surface area contributed by atoms with Crippen molar-refractivity contribution in [3.8, 4) is 5.69 Å². The van der Waals surface area contributed by atoms with Gasteiger partial charge in [-0.2, -0.15) is 5.10 Å². The molecule has 0 atom stereocenters. The molecule has 3 aromatic rings. The summed E-state index contributed by atoms with van der Waals surface area (Å²) >= 11 is 6.01. The van der Waals surface area contributed by atoms with Crippen molar-refractivity contribution in [2.45, 2.75) is 45.6 Å². The number of carbonyl (C=O) groups is 1. The Balaban J connectivity index is 1.45. The molecule has 1 N–H and O–H groups in total. The third-order valence-electron chi connectivity index (χ3n) is 5.61. The van der Waals surface area contributed by atoms with E-state index in [9.17, 15) is 4.79 Å². The Morgan fingerprint density at radius 2 is 1.81 bits per heavy atom. The summed E-state index contributed by atoms with van der Waals surface area (Å²) in [6.07, 6.45) is 7.23. The largest absolute Gasteiger partial charge is 0.357 e. The van der Waals surface area contributed by atoms with Crippen LogP contribution in [0.2, 0.25) is 5.02 Å². The Labute approximate surface area is 188 Å². The topological polar surface area (TPSA) is 63.1 Å². The van der Waals surface area contributed by atoms with Gasteiger partial charge in [-0.25, -0.2) is 9.67 Å². The molecule has 0 unspecified atom stereocenters. The number of pyridine rings is 1. The predicted molar refractivity (Wildman–Crippen MR) is 124 cm³/mol. The highest BCUT2D eigenvalue weighted by Crippen LogP contribution is 2.24. The number of nitrogens with zero attached hydrogens (tertiary/aromatic N) is 4. The van der Waals surface area contributed by atoms with Crippen LogP contribution < -0.4 is 10.2 Å². The van der Waals surface area contributed by atoms with E-state index in [-0.39, 0.29) is 11.8 Å². The summed E-state index contributed by atoms with van der Waals surface area (Å²) in [7, 11) is 0. The van der Waals surface area contributed by atoms with Crippen molar-refractivity contribution in [3.05, 3.63) is 70.6 Å². The minimum atomic E-state index is -0.135. The number of anilines is 1. The lowest BCUT2D eigenvalue weighted by Gasteiger charge is -2.27. The highest BCUT2D eigenvalue weighted by Gasteiger charge is 2.21. The lowest BCUT2D eigenvalue weighted by molar-refractivity contribution is 0.0949. The number of nitrogens with one attached hydrogen (secondary N) is 1. The van der Waals surface area contributed by atoms with E-state index in [1.807, 2.05) is 47.3 Å². The Hall–Kier alpha value is -2.86. The van der Waals surface area contributed by atoms with E-state index in [2.05, 4.69) is 34.1 Å². The van der Waals surface area contributed by atoms with E-state index in [4.69, 9.17) is 11.6 Å². The van der Waals surface area contributed by atoms with Crippen molar-refractivity contribution in [1.82, 2.24) is 20.1 Å². The predicted octanol–water partition coefficient (Wildman–Crippen LogP) is 4.96. The Kier molecular flexibility index (Phi) is 6.56. The van der Waals surface area contributed by atoms with Crippen molar-refractivity contribution in [2.24, 2.45) is 0 Å². The Bertz CT molecular complexity index is 1020. The number of halogens is 1. The van der Waals surface area contributed by atoms with E-state index in [0.29, 0.717) is 17.1 Å². The summed E-state index contributed by atoms with van der Waals surface area (Å²) in [4.78, 5) is 19.9. The van der Waals surface area contributed by atoms with Crippen molar-refractivity contribution in [2.75, 3.05) is 18.0 Å². The van der Waals surface area contributed by atoms with Gasteiger partial charge in [0.1, 0.15) is 5.82 Å². The van der Waals surface area contributed by atoms with Crippen LogP contribution in [0.5, 0.6) is 0 Å². The first-order chi connectivity index (χ1) is 15.0. The SMILES string of the molecule is CC(C)c1c(C(=O)NCc2ccc(N3CCCCC3)nc2)cnn1-c1ccc(Cl)cc1. The minimum absolute atomic E-state index is 0.129. The monoisotopic (exact) mass is 437 g/mol. The van der Waals surface area contributed by atoms with Gasteiger partial charge < -0.3 is 10.2 Å². The molecule has 3 heterocycles. The van der Waals surface area contributed by atoms with E-state index < -0.39 is 0 Å². The van der Waals surface area contributed by atoms with Crippen molar-refractivity contribution in [1.29, 1.82) is 0 Å². The minimum Gasteiger partial charge on any atom is -0.357 e. The number of hydrogen-bond acceptors (Lipinski definition) is 4. The molecule has 6 nitrogen and oxygen atoms in total. The van der Waals surface area contributed by atoms with Crippen LogP contribution in [0.25, 0.3) is 5.69 Å². The summed E-state index contributed by atoms with van der Waals surface area (Å²) in [5.74, 6) is 1.01. The molecular weight excluding hydrogens is 410 g/mol. The molecule has 0 radical (unpaired) electrons. The molecule has 1 fully saturated rings. The summed E-state index contributed by atoms with van der Waals surface area (Å²) in [5.41, 5.74) is 3.32. The van der Waals surface area contributed by atoms with Gasteiger partial charge in [0.25, 0.3) is 5.91 Å². The molecule has 162 valence electrons. The maximum atomic E-state index is 12.9. The molecular formula is C24H28ClN5O. The quantitative estimate of drug-likeness (QED) is 0.591. The maximum Gasteiger partial charge on any atom is 0.255 e. The van der Waals surface area contributed by atoms with Gasteiger partial charge in [-0.15, -0.1) is 0 Å². The molecule has 1 aromatic carbocycles. The zero-order valence-electron chi connectivity index (χ0n) is 18.0. The fraction of sp³-hybridized carbons (Fsp3) is 0.375. The zero-order valence-corrected chi connectivity index (χ0v) is 18.8. The van der Waals surface area contributed by atoms with Crippen LogP contribution in [0, 0.1) is 0 Å². The lowest BCUT2D eigenvalue weighted by atomic mass is 10.0. The molecule has 7 heteroatoms. The third kappa shape index (κ3) is 4.90. The molecule has 2 aromatic heterocycles. The third-order valence-corrected chi connectivity index (χ3v) is 5.86. The van der Waals surface area contributed by atoms with Gasteiger partial charge in [0.05, 0.1) is 23.1 Å². The van der Waals surface area contributed by atoms with Crippen LogP contribution in [-0.2, 0) is 6.54 Å². The van der Waals surface area contributed by atoms with Gasteiger partial charge in [0.2, 0.25) is 0 Å². The number of hydrogen-bond donors (Lipinski definition) is 1. The van der Waals surface area contributed by atoms with Gasteiger partial charge in [-0.3, -0.25) is 4.79 Å². The Morgan fingerprint density at radius 1 is 1.06 bits per heavy atom. The van der Waals surface area contributed by atoms with Crippen molar-refractivity contribution >= 4 is 23.3 Å². The number of rotatable bonds is 6. The van der Waals surface area contributed by atoms with E-state index >= 15 is 0 Å². The zero-order chi connectivity index (χ0) is 21.8. The van der Waals surface area contributed by atoms with Crippen molar-refractivity contribution in [3.63, 3.8) is 0 Å². The normalized spacial score (nSPS) is 14.1. The average molecular weight is 438 g/mol. The smallest absolute Gasteiger partial charge is 0.255 e. The van der Waals surface area contributed by atoms with Gasteiger partial charge in [-0.1, -0.05) is 31.5 Å². The molecule has 1 aliphatic rings. The number of carbonyl (C=O) groups excluding carboxylic acids is 1. The second kappa shape index (κ2) is 9.52. The fourth-order valence-corrected chi connectivity index (χ4v) is 4.11. The van der Waals surface area contributed by atoms with Crippen LogP contribution >= 0.6 is 11.6 Å². The molecule has 0 saturated carbocycles. The molecule has 0 bridgehead atoms. The van der Waals surface area contributed by atoms with E-state index in [1.54, 1.807) is 6.20 Å². The molecule has 0 aliphatic carbocycles. The second-order valence-corrected chi connectivity index (χ2v) is 8.68. The van der Waals surface area contributed by atoms with Crippen LogP contribution in [0.4, 0.5) is 5.82 Å². The van der Waals surface area contributed by atoms with Crippen LogP contribution in [0.15, 0.2) is 48.8 Å². The molecule has 31 heavy (non-hydrogen) atoms. The summed E-state index contributed by atoms with van der Waals surface area (Å²) < 4.78 is 1.81. The number of benzene rings is 1. The summed E-state index contributed by atoms with van der Waals surface area (Å²) in [5, 5.41) is 8.15. The Morgan fingerprint density at radius 3 is 2.45 bits per heavy atom. The van der Waals surface area contributed by atoms with E-state index in [0.717, 1.165) is 35.9 Å². The molecule has 1 saturated heterocycles. The first-order valence-corrected chi connectivity index (χ1v) is 11.2. The number of piperidine rings is 1. The molecule has 4 rings (SSSR count). The van der Waals surface area contributed by atoms with Gasteiger partial charge in [0, 0.05) is 30.9 Å². The summed E-state index contributed by atoms with van der Waals surface area (Å²) in [6.45, 7) is 6.68. The van der Waals surface area contributed by atoms with Gasteiger partial charge in [-0.05, 0) is 61.1 Å². The van der Waals surface area contributed by atoms with Gasteiger partial charge in [0.15, 0.2) is 0 Å². The number of amides is 1. The van der Waals surface area contributed by atoms with Crippen LogP contribution in [0.1, 0.15) is 60.6 Å².